The van der Waals surface area contributed by atoms with Crippen molar-refractivity contribution in [2.75, 3.05) is 0 Å². The Labute approximate surface area is 270 Å². The summed E-state index contributed by atoms with van der Waals surface area (Å²) in [6, 6.07) is 25.5. The first kappa shape index (κ1) is 35.4. The Morgan fingerprint density at radius 1 is 0.452 bits per heavy atom. The van der Waals surface area contributed by atoms with Crippen molar-refractivity contribution < 1.29 is 4.42 Å². The second-order valence-electron chi connectivity index (χ2n) is 13.5. The van der Waals surface area contributed by atoms with Crippen LogP contribution in [0.1, 0.15) is 79.0 Å². The molecule has 0 fully saturated rings. The fourth-order valence-electron chi connectivity index (χ4n) is 4.08. The quantitative estimate of drug-likeness (QED) is 0.154. The normalized spacial score (nSPS) is 13.5. The van der Waals surface area contributed by atoms with Crippen molar-refractivity contribution in [3.05, 3.63) is 89.5 Å². The number of hydrogen-bond donors (Lipinski definition) is 0. The van der Waals surface area contributed by atoms with Crippen molar-refractivity contribution in [3.8, 4) is 34.3 Å². The molecule has 0 saturated carbocycles. The number of aromatic nitrogens is 2. The third-order valence-electron chi connectivity index (χ3n) is 6.61. The maximum atomic E-state index is 6.32. The van der Waals surface area contributed by atoms with Crippen molar-refractivity contribution in [2.24, 2.45) is 0 Å². The molecule has 0 N–H and O–H groups in total. The van der Waals surface area contributed by atoms with Crippen LogP contribution in [0.3, 0.4) is 0 Å². The van der Waals surface area contributed by atoms with Crippen molar-refractivity contribution in [1.82, 2.24) is 9.97 Å². The number of nitrogens with zero attached hydrogens (tertiary/aromatic N) is 2. The van der Waals surface area contributed by atoms with Crippen LogP contribution in [-0.4, -0.2) is 21.3 Å². The minimum absolute atomic E-state index is 0.0846. The van der Waals surface area contributed by atoms with Gasteiger partial charge in [-0.15, -0.1) is 9.97 Å². The fourth-order valence-corrected chi connectivity index (χ4v) is 4.08. The molecule has 0 unspecified atom stereocenters. The first-order valence-corrected chi connectivity index (χ1v) is 31.8. The SMILES string of the molecule is CC(C)(C)c1ccc(-c2nc(-c3ccc(C(C)(C)C)cc3)[o+]c(-c3ccc(C(C)(C)C)cc3)n2)cc1.[Cl][Sn-]([Cl])([Cl])([Cl])[Cl]. The predicted molar refractivity (Wildman–Crippen MR) is 186 cm³/mol. The van der Waals surface area contributed by atoms with Gasteiger partial charge in [-0.05, 0) is 57.2 Å². The molecule has 3 aromatic carbocycles. The summed E-state index contributed by atoms with van der Waals surface area (Å²) in [6.07, 6.45) is 0. The van der Waals surface area contributed by atoms with Gasteiger partial charge in [-0.25, -0.2) is 0 Å². The Bertz CT molecular complexity index is 1310. The first-order chi connectivity index (χ1) is 19.0. The molecule has 226 valence electrons. The zero-order chi connectivity index (χ0) is 31.7. The molecule has 9 heteroatoms. The molecular weight excluding hydrogens is 736 g/mol. The molecule has 0 spiro atoms. The second-order valence-corrected chi connectivity index (χ2v) is 55.9. The average Bonchev–Trinajstić information content (AvgIpc) is 2.86. The fraction of sp³-hybridized carbons (Fsp3) is 0.364. The van der Waals surface area contributed by atoms with Gasteiger partial charge in [0.05, 0.1) is 0 Å². The molecule has 0 aliphatic heterocycles. The van der Waals surface area contributed by atoms with Gasteiger partial charge in [-0.2, -0.15) is 4.42 Å². The Morgan fingerprint density at radius 3 is 0.929 bits per heavy atom. The molecule has 0 radical (unpaired) electrons. The molecular formula is C33H39Cl5N2OSn. The van der Waals surface area contributed by atoms with Crippen LogP contribution in [0.25, 0.3) is 34.3 Å². The number of rotatable bonds is 3. The van der Waals surface area contributed by atoms with Gasteiger partial charge in [0, 0.05) is 5.56 Å². The topological polar surface area (TPSA) is 37.1 Å². The maximum absolute atomic E-state index is 6.32. The van der Waals surface area contributed by atoms with Gasteiger partial charge in [0.2, 0.25) is 0 Å². The molecule has 3 nitrogen and oxygen atoms in total. The van der Waals surface area contributed by atoms with Gasteiger partial charge in [-0.3, -0.25) is 0 Å². The third kappa shape index (κ3) is 11.1. The Hall–Kier alpha value is -1.08. The molecule has 0 aliphatic rings. The first-order valence-electron chi connectivity index (χ1n) is 13.7. The molecule has 1 heterocycles. The zero-order valence-corrected chi connectivity index (χ0v) is 32.3. The van der Waals surface area contributed by atoms with Crippen molar-refractivity contribution in [2.45, 2.75) is 78.6 Å². The van der Waals surface area contributed by atoms with E-state index in [-0.39, 0.29) is 16.2 Å². The van der Waals surface area contributed by atoms with Crippen LogP contribution in [0.15, 0.2) is 77.2 Å². The summed E-state index contributed by atoms with van der Waals surface area (Å²) >= 11 is -4.40. The molecule has 4 aromatic rings. The van der Waals surface area contributed by atoms with E-state index in [1.807, 2.05) is 0 Å². The molecule has 0 atom stereocenters. The molecule has 0 bridgehead atoms. The van der Waals surface area contributed by atoms with E-state index in [0.717, 1.165) is 16.7 Å². The summed E-state index contributed by atoms with van der Waals surface area (Å²) in [7, 11) is 25.3. The second kappa shape index (κ2) is 12.7. The van der Waals surface area contributed by atoms with Crippen LogP contribution in [0.4, 0.5) is 0 Å². The average molecular weight is 776 g/mol. The summed E-state index contributed by atoms with van der Waals surface area (Å²) < 4.78 is 6.32. The van der Waals surface area contributed by atoms with Crippen molar-refractivity contribution >= 4 is 56.0 Å². The Morgan fingerprint density at radius 2 is 0.690 bits per heavy atom. The molecule has 0 amide bonds. The number of halogens is 5. The van der Waals surface area contributed by atoms with Gasteiger partial charge in [0.25, 0.3) is 0 Å². The van der Waals surface area contributed by atoms with Crippen molar-refractivity contribution in [3.63, 3.8) is 0 Å². The van der Waals surface area contributed by atoms with Gasteiger partial charge >= 0.3 is 67.7 Å². The summed E-state index contributed by atoms with van der Waals surface area (Å²) in [5.74, 6) is 1.79. The monoisotopic (exact) mass is 774 g/mol. The van der Waals surface area contributed by atoms with Crippen LogP contribution in [0, 0.1) is 0 Å². The van der Waals surface area contributed by atoms with Crippen molar-refractivity contribution in [1.29, 1.82) is 0 Å². The predicted octanol–water partition coefficient (Wildman–Crippen LogP) is 12.3. The molecule has 1 aromatic heterocycles. The van der Waals surface area contributed by atoms with E-state index in [1.54, 1.807) is 0 Å². The minimum atomic E-state index is -4.40. The number of hydrogen-bond acceptors (Lipinski definition) is 2. The van der Waals surface area contributed by atoms with E-state index in [0.29, 0.717) is 17.6 Å². The van der Waals surface area contributed by atoms with Crippen LogP contribution in [0.2, 0.25) is 0 Å². The summed E-state index contributed by atoms with van der Waals surface area (Å²) in [5, 5.41) is 0. The van der Waals surface area contributed by atoms with Crippen LogP contribution < -0.4 is 0 Å². The van der Waals surface area contributed by atoms with Crippen LogP contribution in [-0.2, 0) is 16.2 Å². The summed E-state index contributed by atoms with van der Waals surface area (Å²) in [6.45, 7) is 20.0. The van der Waals surface area contributed by atoms with E-state index in [2.05, 4.69) is 135 Å². The Balaban J connectivity index is 0.000000730. The van der Waals surface area contributed by atoms with E-state index >= 15 is 0 Å². The van der Waals surface area contributed by atoms with E-state index < -0.39 is 11.4 Å². The van der Waals surface area contributed by atoms with Gasteiger partial charge in [-0.1, -0.05) is 111 Å². The van der Waals surface area contributed by atoms with Gasteiger partial charge in [0.1, 0.15) is 11.1 Å². The zero-order valence-electron chi connectivity index (χ0n) is 25.6. The van der Waals surface area contributed by atoms with E-state index in [1.165, 1.54) is 16.7 Å². The van der Waals surface area contributed by atoms with E-state index in [9.17, 15) is 0 Å². The van der Waals surface area contributed by atoms with E-state index in [4.69, 9.17) is 59.0 Å². The molecule has 42 heavy (non-hydrogen) atoms. The third-order valence-corrected chi connectivity index (χ3v) is 6.61. The molecule has 4 rings (SSSR count). The van der Waals surface area contributed by atoms with Crippen LogP contribution >= 0.6 is 44.6 Å². The number of benzene rings is 3. The summed E-state index contributed by atoms with van der Waals surface area (Å²) in [4.78, 5) is 9.72. The molecule has 0 aliphatic carbocycles. The van der Waals surface area contributed by atoms with Gasteiger partial charge < -0.3 is 0 Å². The van der Waals surface area contributed by atoms with Crippen LogP contribution in [0.5, 0.6) is 0 Å². The molecule has 0 saturated heterocycles. The standard InChI is InChI=1S/C33H39N2O.5ClH.Sn/c1-31(2,3)25-16-10-22(11-17-25)28-34-29(23-12-18-26(19-13-23)32(4,5)6)36-30(35-28)24-14-20-27(21-15-24)33(7,8)9;;;;;;/h10-21H,1-9H3;5*1H;/q+1;;;;;;+4/p-5. The summed E-state index contributed by atoms with van der Waals surface area (Å²) in [5.41, 5.74) is 6.93. The van der Waals surface area contributed by atoms with Gasteiger partial charge in [0.15, 0.2) is 5.82 Å². The Kier molecular flexibility index (Phi) is 10.7.